The number of hydrogen-bond donors (Lipinski definition) is 1. The SMILES string of the molecule is COc1ccc(C2N(Cc3ccccc3)C(c3ccccc3)=N[C@]2(C)C(=O)O)cc1. The molecule has 2 atom stereocenters. The molecular formula is C25H24N2O3. The van der Waals surface area contributed by atoms with Crippen LogP contribution in [0.1, 0.15) is 29.7 Å². The molecule has 0 saturated heterocycles. The molecule has 4 rings (SSSR count). The smallest absolute Gasteiger partial charge is 0.333 e. The summed E-state index contributed by atoms with van der Waals surface area (Å²) in [4.78, 5) is 19.3. The number of amidine groups is 1. The maximum absolute atomic E-state index is 12.4. The van der Waals surface area contributed by atoms with Gasteiger partial charge in [-0.3, -0.25) is 0 Å². The highest BCUT2D eigenvalue weighted by molar-refractivity contribution is 6.03. The van der Waals surface area contributed by atoms with Crippen molar-refractivity contribution >= 4 is 11.8 Å². The molecule has 0 aromatic heterocycles. The van der Waals surface area contributed by atoms with E-state index in [0.29, 0.717) is 12.4 Å². The van der Waals surface area contributed by atoms with Crippen molar-refractivity contribution in [2.75, 3.05) is 7.11 Å². The summed E-state index contributed by atoms with van der Waals surface area (Å²) in [5.74, 6) is 0.463. The van der Waals surface area contributed by atoms with Crippen molar-refractivity contribution < 1.29 is 14.6 Å². The molecule has 5 nitrogen and oxygen atoms in total. The van der Waals surface area contributed by atoms with E-state index in [1.165, 1.54) is 0 Å². The number of hydrogen-bond acceptors (Lipinski definition) is 4. The van der Waals surface area contributed by atoms with Gasteiger partial charge >= 0.3 is 5.97 Å². The first-order valence-electron chi connectivity index (χ1n) is 9.86. The molecule has 0 fully saturated rings. The van der Waals surface area contributed by atoms with Crippen molar-refractivity contribution in [1.82, 2.24) is 4.90 Å². The normalized spacial score (nSPS) is 20.7. The molecule has 1 aliphatic rings. The van der Waals surface area contributed by atoms with Crippen LogP contribution in [0.15, 0.2) is 89.9 Å². The molecular weight excluding hydrogens is 376 g/mol. The lowest BCUT2D eigenvalue weighted by molar-refractivity contribution is -0.144. The first-order chi connectivity index (χ1) is 14.5. The number of aliphatic carboxylic acids is 1. The molecule has 3 aromatic carbocycles. The minimum absolute atomic E-state index is 0.462. The van der Waals surface area contributed by atoms with E-state index in [9.17, 15) is 9.90 Å². The van der Waals surface area contributed by atoms with Crippen LogP contribution in [0.25, 0.3) is 0 Å². The highest BCUT2D eigenvalue weighted by Gasteiger charge is 2.51. The molecule has 0 saturated carbocycles. The second-order valence-electron chi connectivity index (χ2n) is 7.54. The Bertz CT molecular complexity index is 1050. The number of aliphatic imine (C=N–C) groups is 1. The standard InChI is InChI=1S/C25H24N2O3/c1-25(24(28)29)22(19-13-15-21(30-2)16-14-19)27(17-18-9-5-3-6-10-18)23(26-25)20-11-7-4-8-12-20/h3-16,22H,17H2,1-2H3,(H,28,29)/t22?,25-/m0/s1. The molecule has 0 spiro atoms. The second kappa shape index (κ2) is 8.03. The summed E-state index contributed by atoms with van der Waals surface area (Å²) in [5.41, 5.74) is 1.55. The van der Waals surface area contributed by atoms with Crippen LogP contribution in [0.2, 0.25) is 0 Å². The fourth-order valence-corrected chi connectivity index (χ4v) is 3.99. The van der Waals surface area contributed by atoms with E-state index in [1.54, 1.807) is 14.0 Å². The van der Waals surface area contributed by atoms with Gasteiger partial charge in [0.25, 0.3) is 0 Å². The van der Waals surface area contributed by atoms with Crippen LogP contribution in [0.3, 0.4) is 0 Å². The number of ether oxygens (including phenoxy) is 1. The van der Waals surface area contributed by atoms with Crippen molar-refractivity contribution in [3.63, 3.8) is 0 Å². The number of carboxylic acids is 1. The maximum atomic E-state index is 12.4. The number of methoxy groups -OCH3 is 1. The van der Waals surface area contributed by atoms with Crippen molar-refractivity contribution in [1.29, 1.82) is 0 Å². The number of carboxylic acid groups (broad SMARTS) is 1. The first-order valence-corrected chi connectivity index (χ1v) is 9.86. The van der Waals surface area contributed by atoms with E-state index in [4.69, 9.17) is 9.73 Å². The van der Waals surface area contributed by atoms with Gasteiger partial charge in [-0.1, -0.05) is 72.8 Å². The molecule has 1 unspecified atom stereocenters. The molecule has 0 amide bonds. The monoisotopic (exact) mass is 400 g/mol. The summed E-state index contributed by atoms with van der Waals surface area (Å²) < 4.78 is 5.29. The third-order valence-electron chi connectivity index (χ3n) is 5.55. The molecule has 0 radical (unpaired) electrons. The van der Waals surface area contributed by atoms with Gasteiger partial charge < -0.3 is 14.7 Å². The molecule has 3 aromatic rings. The van der Waals surface area contributed by atoms with Crippen LogP contribution in [-0.4, -0.2) is 34.5 Å². The van der Waals surface area contributed by atoms with Crippen LogP contribution in [0.4, 0.5) is 0 Å². The Balaban J connectivity index is 1.85. The third-order valence-corrected chi connectivity index (χ3v) is 5.55. The molecule has 1 heterocycles. The quantitative estimate of drug-likeness (QED) is 0.660. The van der Waals surface area contributed by atoms with Gasteiger partial charge in [-0.15, -0.1) is 0 Å². The summed E-state index contributed by atoms with van der Waals surface area (Å²) in [7, 11) is 1.62. The van der Waals surface area contributed by atoms with Gasteiger partial charge in [0.2, 0.25) is 0 Å². The summed E-state index contributed by atoms with van der Waals surface area (Å²) in [6, 6.07) is 26.9. The molecule has 5 heteroatoms. The fourth-order valence-electron chi connectivity index (χ4n) is 3.99. The Morgan fingerprint density at radius 1 is 1.00 bits per heavy atom. The summed E-state index contributed by atoms with van der Waals surface area (Å²) in [6.07, 6.45) is 0. The first kappa shape index (κ1) is 19.7. The van der Waals surface area contributed by atoms with Crippen LogP contribution in [0.5, 0.6) is 5.75 Å². The lowest BCUT2D eigenvalue weighted by Gasteiger charge is -2.34. The minimum Gasteiger partial charge on any atom is -0.497 e. The zero-order valence-corrected chi connectivity index (χ0v) is 17.0. The molecule has 0 aliphatic carbocycles. The molecule has 30 heavy (non-hydrogen) atoms. The lowest BCUT2D eigenvalue weighted by atomic mass is 9.87. The summed E-state index contributed by atoms with van der Waals surface area (Å²) >= 11 is 0. The van der Waals surface area contributed by atoms with Crippen molar-refractivity contribution in [2.24, 2.45) is 4.99 Å². The van der Waals surface area contributed by atoms with E-state index in [2.05, 4.69) is 4.90 Å². The van der Waals surface area contributed by atoms with Crippen LogP contribution < -0.4 is 4.74 Å². The predicted octanol–water partition coefficient (Wildman–Crippen LogP) is 4.54. The van der Waals surface area contributed by atoms with Crippen LogP contribution in [0, 0.1) is 0 Å². The number of benzene rings is 3. The Hall–Kier alpha value is -3.60. The van der Waals surface area contributed by atoms with E-state index >= 15 is 0 Å². The van der Waals surface area contributed by atoms with Gasteiger partial charge in [-0.05, 0) is 30.2 Å². The third kappa shape index (κ3) is 3.54. The lowest BCUT2D eigenvalue weighted by Crippen LogP contribution is -2.43. The van der Waals surface area contributed by atoms with Crippen LogP contribution >= 0.6 is 0 Å². The number of rotatable bonds is 6. The van der Waals surface area contributed by atoms with Gasteiger partial charge in [0.05, 0.1) is 13.2 Å². The fraction of sp³-hybridized carbons (Fsp3) is 0.200. The molecule has 1 aliphatic heterocycles. The zero-order chi connectivity index (χ0) is 21.1. The average Bonchev–Trinajstić information content (AvgIpc) is 3.08. The van der Waals surface area contributed by atoms with Crippen molar-refractivity contribution in [3.8, 4) is 5.75 Å². The van der Waals surface area contributed by atoms with E-state index in [-0.39, 0.29) is 0 Å². The number of carbonyl (C=O) groups is 1. The molecule has 0 bridgehead atoms. The predicted molar refractivity (Wildman–Crippen MR) is 117 cm³/mol. The molecule has 152 valence electrons. The van der Waals surface area contributed by atoms with E-state index in [0.717, 1.165) is 22.4 Å². The van der Waals surface area contributed by atoms with Gasteiger partial charge in [-0.2, -0.15) is 0 Å². The van der Waals surface area contributed by atoms with Crippen LogP contribution in [-0.2, 0) is 11.3 Å². The van der Waals surface area contributed by atoms with E-state index in [1.807, 2.05) is 84.9 Å². The van der Waals surface area contributed by atoms with E-state index < -0.39 is 17.6 Å². The Labute approximate surface area is 176 Å². The van der Waals surface area contributed by atoms with Gasteiger partial charge in [-0.25, -0.2) is 9.79 Å². The topological polar surface area (TPSA) is 62.1 Å². The Morgan fingerprint density at radius 2 is 1.60 bits per heavy atom. The molecule has 1 N–H and O–H groups in total. The van der Waals surface area contributed by atoms with Crippen molar-refractivity contribution in [2.45, 2.75) is 25.0 Å². The Kier molecular flexibility index (Phi) is 5.27. The highest BCUT2D eigenvalue weighted by atomic mass is 16.5. The van der Waals surface area contributed by atoms with Gasteiger partial charge in [0.15, 0.2) is 5.54 Å². The van der Waals surface area contributed by atoms with Gasteiger partial charge in [0.1, 0.15) is 11.6 Å². The van der Waals surface area contributed by atoms with Crippen molar-refractivity contribution in [3.05, 3.63) is 102 Å². The Morgan fingerprint density at radius 3 is 2.17 bits per heavy atom. The summed E-state index contributed by atoms with van der Waals surface area (Å²) in [5, 5.41) is 10.2. The minimum atomic E-state index is -1.32. The largest absolute Gasteiger partial charge is 0.497 e. The zero-order valence-electron chi connectivity index (χ0n) is 17.0. The maximum Gasteiger partial charge on any atom is 0.333 e. The average molecular weight is 400 g/mol. The highest BCUT2D eigenvalue weighted by Crippen LogP contribution is 2.43. The second-order valence-corrected chi connectivity index (χ2v) is 7.54. The number of nitrogens with zero attached hydrogens (tertiary/aromatic N) is 2. The van der Waals surface area contributed by atoms with Gasteiger partial charge in [0, 0.05) is 12.1 Å². The summed E-state index contributed by atoms with van der Waals surface area (Å²) in [6.45, 7) is 2.24.